The molecule has 0 saturated heterocycles. The van der Waals surface area contributed by atoms with Gasteiger partial charge in [-0.3, -0.25) is 0 Å². The number of para-hydroxylation sites is 1. The van der Waals surface area contributed by atoms with Crippen molar-refractivity contribution in [3.63, 3.8) is 0 Å². The molecule has 0 aliphatic heterocycles. The molecule has 2 unspecified atom stereocenters. The Bertz CT molecular complexity index is 2170. The molecule has 0 spiro atoms. The molecule has 0 fully saturated rings. The van der Waals surface area contributed by atoms with Crippen LogP contribution in [0.1, 0.15) is 43.4 Å². The van der Waals surface area contributed by atoms with Gasteiger partial charge in [-0.05, 0) is 0 Å². The van der Waals surface area contributed by atoms with Gasteiger partial charge in [-0.2, -0.15) is 0 Å². The zero-order valence-electron chi connectivity index (χ0n) is 26.1. The Balaban J connectivity index is 0.00000186. The first-order valence-corrected chi connectivity index (χ1v) is 26.8. The van der Waals surface area contributed by atoms with Crippen molar-refractivity contribution in [1.82, 2.24) is 4.98 Å². The van der Waals surface area contributed by atoms with E-state index in [1.54, 1.807) is 6.54 Å². The number of rotatable bonds is 5. The standard InChI is InChI=1S/C19H14N.C10H9.2C6H5.2ClH.H2Si.Zr/c1-13-11-15-6-3-8-16(18(15)12-13)17-9-2-5-14-7-4-10-20-19(14)17;1-8-6-9-4-2-3-5-10(9)7-8;2*1-2-4-6-5-3-1;;;;/h2-12H,1H3;2-7H,1H3;2*1-5H;2*1H;1H2;. The van der Waals surface area contributed by atoms with E-state index in [0.717, 1.165) is 5.52 Å². The zero-order chi connectivity index (χ0) is 29.9. The fraction of sp³-hybridized carbons (Fsp3) is 0.0976. The van der Waals surface area contributed by atoms with Crippen molar-refractivity contribution >= 4 is 61.3 Å². The van der Waals surface area contributed by atoms with E-state index in [0.29, 0.717) is 7.25 Å². The van der Waals surface area contributed by atoms with Gasteiger partial charge in [0.2, 0.25) is 0 Å². The quantitative estimate of drug-likeness (QED) is 0.161. The van der Waals surface area contributed by atoms with Crippen molar-refractivity contribution in [1.29, 1.82) is 0 Å². The Labute approximate surface area is 286 Å². The third-order valence-electron chi connectivity index (χ3n) is 10.6. The van der Waals surface area contributed by atoms with Crippen LogP contribution in [0.4, 0.5) is 0 Å². The van der Waals surface area contributed by atoms with Gasteiger partial charge >= 0.3 is 264 Å². The van der Waals surface area contributed by atoms with Gasteiger partial charge in [0.05, 0.1) is 0 Å². The largest absolute Gasteiger partial charge is 0.147 e. The first-order valence-electron chi connectivity index (χ1n) is 15.6. The normalized spacial score (nSPS) is 16.8. The van der Waals surface area contributed by atoms with E-state index in [4.69, 9.17) is 4.98 Å². The molecule has 228 valence electrons. The van der Waals surface area contributed by atoms with E-state index in [2.05, 4.69) is 160 Å². The average molecular weight is 734 g/mol. The van der Waals surface area contributed by atoms with Crippen LogP contribution in [0, 0.1) is 0 Å². The van der Waals surface area contributed by atoms with Crippen LogP contribution in [0.5, 0.6) is 0 Å². The number of aromatic nitrogens is 1. The minimum atomic E-state index is -4.53. The first kappa shape index (κ1) is 32.6. The summed E-state index contributed by atoms with van der Waals surface area (Å²) in [4.78, 5) is 4.86. The van der Waals surface area contributed by atoms with Crippen molar-refractivity contribution in [2.75, 3.05) is 0 Å². The summed E-state index contributed by atoms with van der Waals surface area (Å²) in [5.74, 6) is 0. The smallest absolute Gasteiger partial charge is 0.147 e. The summed E-state index contributed by atoms with van der Waals surface area (Å²) in [5.41, 5.74) is 12.2. The number of halogens is 2. The van der Waals surface area contributed by atoms with Gasteiger partial charge in [0.25, 0.3) is 0 Å². The van der Waals surface area contributed by atoms with Crippen LogP contribution in [0.2, 0.25) is 0 Å². The van der Waals surface area contributed by atoms with Crippen LogP contribution in [0.15, 0.2) is 151 Å². The summed E-state index contributed by atoms with van der Waals surface area (Å²) in [5, 5.41) is 1.18. The van der Waals surface area contributed by atoms with Crippen LogP contribution in [-0.2, 0) is 17.4 Å². The van der Waals surface area contributed by atoms with E-state index < -0.39 is 17.4 Å². The van der Waals surface area contributed by atoms with Gasteiger partial charge in [-0.15, -0.1) is 24.8 Å². The summed E-state index contributed by atoms with van der Waals surface area (Å²) in [6.07, 6.45) is 6.91. The number of fused-ring (bicyclic) bond motifs is 3. The fourth-order valence-corrected chi connectivity index (χ4v) is 38.2. The van der Waals surface area contributed by atoms with Crippen molar-refractivity contribution < 1.29 is 17.4 Å². The summed E-state index contributed by atoms with van der Waals surface area (Å²) in [6, 6.07) is 50.3. The summed E-state index contributed by atoms with van der Waals surface area (Å²) < 4.78 is 3.75. The second-order valence-corrected chi connectivity index (χ2v) is 35.5. The van der Waals surface area contributed by atoms with Crippen LogP contribution in [-0.4, -0.2) is 11.9 Å². The van der Waals surface area contributed by atoms with Crippen LogP contribution in [0.3, 0.4) is 0 Å². The Hall–Kier alpha value is -3.33. The van der Waals surface area contributed by atoms with Gasteiger partial charge in [-0.1, -0.05) is 0 Å². The third-order valence-corrected chi connectivity index (χ3v) is 38.8. The molecular weight excluding hydrogens is 697 g/mol. The molecule has 0 amide bonds. The fourth-order valence-electron chi connectivity index (χ4n) is 9.00. The van der Waals surface area contributed by atoms with Crippen molar-refractivity contribution in [3.05, 3.63) is 173 Å². The number of nitrogens with zero attached hydrogens (tertiary/aromatic N) is 1. The SMILES string of the molecule is CC1=Cc2ccccc2[CH]1[Zr](=[SiH2])([c]1ccccc1)([c]1ccccc1)[CH]1C(C)=Cc2c(-c3cccc4cccnc34)cccc21.Cl.Cl. The monoisotopic (exact) mass is 731 g/mol. The molecule has 8 rings (SSSR count). The second kappa shape index (κ2) is 12.4. The van der Waals surface area contributed by atoms with Gasteiger partial charge in [0, 0.05) is 0 Å². The molecule has 46 heavy (non-hydrogen) atoms. The molecule has 5 aromatic carbocycles. The van der Waals surface area contributed by atoms with Crippen LogP contribution < -0.4 is 6.54 Å². The van der Waals surface area contributed by atoms with Gasteiger partial charge < -0.3 is 0 Å². The predicted octanol–water partition coefficient (Wildman–Crippen LogP) is 9.25. The number of benzene rings is 5. The maximum absolute atomic E-state index is 4.86. The molecule has 0 bridgehead atoms. The summed E-state index contributed by atoms with van der Waals surface area (Å²) >= 11 is -4.53. The maximum Gasteiger partial charge on any atom is -0.147 e. The molecular formula is C41H37Cl2NSiZr. The van der Waals surface area contributed by atoms with E-state index in [-0.39, 0.29) is 24.8 Å². The predicted molar refractivity (Wildman–Crippen MR) is 202 cm³/mol. The van der Waals surface area contributed by atoms with E-state index in [1.807, 2.05) is 12.3 Å². The zero-order valence-corrected chi connectivity index (χ0v) is 31.6. The number of pyridine rings is 1. The minimum Gasteiger partial charge on any atom is -0.147 e. The van der Waals surface area contributed by atoms with Crippen molar-refractivity contribution in [3.8, 4) is 11.1 Å². The summed E-state index contributed by atoms with van der Waals surface area (Å²) in [6.45, 7) is 7.23. The van der Waals surface area contributed by atoms with E-state index in [1.165, 1.54) is 49.9 Å². The van der Waals surface area contributed by atoms with Gasteiger partial charge in [-0.25, -0.2) is 0 Å². The molecule has 1 nitrogen and oxygen atoms in total. The van der Waals surface area contributed by atoms with Gasteiger partial charge in [0.1, 0.15) is 0 Å². The molecule has 2 aliphatic carbocycles. The number of hydrogen-bond acceptors (Lipinski definition) is 1. The second-order valence-electron chi connectivity index (χ2n) is 12.8. The first-order chi connectivity index (χ1) is 21.5. The Morgan fingerprint density at radius 2 is 1.09 bits per heavy atom. The average Bonchev–Trinajstić information content (AvgIpc) is 3.61. The maximum atomic E-state index is 4.86. The molecule has 2 atom stereocenters. The molecule has 0 saturated carbocycles. The van der Waals surface area contributed by atoms with Crippen molar-refractivity contribution in [2.24, 2.45) is 0 Å². The minimum absolute atomic E-state index is 0. The Morgan fingerprint density at radius 1 is 0.543 bits per heavy atom. The Morgan fingerprint density at radius 3 is 1.80 bits per heavy atom. The molecule has 6 aromatic rings. The Kier molecular flexibility index (Phi) is 8.76. The summed E-state index contributed by atoms with van der Waals surface area (Å²) in [7, 11) is 0. The van der Waals surface area contributed by atoms with E-state index in [9.17, 15) is 0 Å². The molecule has 1 aromatic heterocycles. The van der Waals surface area contributed by atoms with Gasteiger partial charge in [0.15, 0.2) is 0 Å². The van der Waals surface area contributed by atoms with Crippen LogP contribution in [0.25, 0.3) is 34.2 Å². The molecule has 5 heteroatoms. The van der Waals surface area contributed by atoms with Crippen molar-refractivity contribution in [2.45, 2.75) is 21.1 Å². The third kappa shape index (κ3) is 4.54. The topological polar surface area (TPSA) is 12.9 Å². The van der Waals surface area contributed by atoms with E-state index >= 15 is 0 Å². The number of hydrogen-bond donors (Lipinski definition) is 0. The molecule has 0 N–H and O–H groups in total. The number of allylic oxidation sites excluding steroid dienone is 2. The molecule has 2 aliphatic rings. The molecule has 1 heterocycles. The molecule has 0 radical (unpaired) electrons. The van der Waals surface area contributed by atoms with Crippen LogP contribution >= 0.6 is 24.8 Å².